The van der Waals surface area contributed by atoms with Crippen LogP contribution < -0.4 is 20.8 Å². The van der Waals surface area contributed by atoms with Gasteiger partial charge in [-0.25, -0.2) is 13.6 Å². The van der Waals surface area contributed by atoms with Crippen molar-refractivity contribution in [3.8, 4) is 0 Å². The smallest absolute Gasteiger partial charge is 0.414 e. The number of halogens is 2. The highest BCUT2D eigenvalue weighted by Gasteiger charge is 2.34. The van der Waals surface area contributed by atoms with Gasteiger partial charge in [0.25, 0.3) is 0 Å². The second-order valence-corrected chi connectivity index (χ2v) is 7.42. The molecule has 2 saturated heterocycles. The summed E-state index contributed by atoms with van der Waals surface area (Å²) in [6.45, 7) is 1.86. The molecule has 3 heterocycles. The Morgan fingerprint density at radius 2 is 1.96 bits per heavy atom. The molecule has 1 amide bonds. The molecule has 7 nitrogen and oxygen atoms in total. The van der Waals surface area contributed by atoms with E-state index in [-0.39, 0.29) is 17.9 Å². The molecule has 0 aromatic heterocycles. The van der Waals surface area contributed by atoms with Crippen LogP contribution in [0.3, 0.4) is 0 Å². The van der Waals surface area contributed by atoms with Gasteiger partial charge in [0.2, 0.25) is 0 Å². The van der Waals surface area contributed by atoms with E-state index in [1.165, 1.54) is 17.0 Å². The van der Waals surface area contributed by atoms with Gasteiger partial charge in [0.1, 0.15) is 11.8 Å². The first kappa shape index (κ1) is 17.2. The molecule has 2 N–H and O–H groups in total. The highest BCUT2D eigenvalue weighted by atomic mass is 32.2. The molecular formula is C16H19F2N5O2S. The normalized spacial score (nSPS) is 22.8. The summed E-state index contributed by atoms with van der Waals surface area (Å²) in [5.74, 6) is 0.372. The van der Waals surface area contributed by atoms with Gasteiger partial charge in [0.05, 0.1) is 18.8 Å². The first-order valence-corrected chi connectivity index (χ1v) is 9.51. The first-order valence-electron chi connectivity index (χ1n) is 8.36. The standard InChI is InChI=1S/C16H19F2N5O2S/c17-13-7-11(8-14(18)15(13)21-3-5-26-6-4-21)23-10-12(25-16(23)24)9-22-2-1-19-20-22/h1-2,7-8,12,19-20H,3-6,9-10H2. The Labute approximate surface area is 153 Å². The lowest BCUT2D eigenvalue weighted by molar-refractivity contribution is 0.109. The Bertz CT molecular complexity index is 706. The molecule has 1 aromatic carbocycles. The van der Waals surface area contributed by atoms with Crippen molar-refractivity contribution in [2.75, 3.05) is 47.5 Å². The summed E-state index contributed by atoms with van der Waals surface area (Å²) in [4.78, 5) is 15.1. The average Bonchev–Trinajstić information content (AvgIpc) is 3.25. The van der Waals surface area contributed by atoms with Crippen molar-refractivity contribution in [3.63, 3.8) is 0 Å². The van der Waals surface area contributed by atoms with E-state index >= 15 is 0 Å². The fourth-order valence-corrected chi connectivity index (χ4v) is 4.14. The summed E-state index contributed by atoms with van der Waals surface area (Å²) >= 11 is 1.77. The summed E-state index contributed by atoms with van der Waals surface area (Å²) in [5.41, 5.74) is 5.79. The second kappa shape index (κ2) is 7.20. The van der Waals surface area contributed by atoms with E-state index in [0.717, 1.165) is 11.5 Å². The quantitative estimate of drug-likeness (QED) is 0.820. The van der Waals surface area contributed by atoms with E-state index in [2.05, 4.69) is 11.0 Å². The summed E-state index contributed by atoms with van der Waals surface area (Å²) in [6, 6.07) is 2.42. The van der Waals surface area contributed by atoms with Crippen molar-refractivity contribution in [1.29, 1.82) is 0 Å². The maximum Gasteiger partial charge on any atom is 0.414 e. The molecule has 2 fully saturated rings. The number of rotatable bonds is 4. The summed E-state index contributed by atoms with van der Waals surface area (Å²) in [5, 5.41) is 1.72. The number of hydrogen-bond donors (Lipinski definition) is 2. The van der Waals surface area contributed by atoms with Gasteiger partial charge in [-0.15, -0.1) is 5.53 Å². The number of hydrazine groups is 2. The SMILES string of the molecule is O=C1OC(CN2C=CNN2)CN1c1cc(F)c(N2CCSCC2)c(F)c1. The van der Waals surface area contributed by atoms with Crippen LogP contribution in [0.5, 0.6) is 0 Å². The van der Waals surface area contributed by atoms with E-state index in [1.54, 1.807) is 34.1 Å². The Balaban J connectivity index is 1.50. The van der Waals surface area contributed by atoms with Gasteiger partial charge in [-0.1, -0.05) is 0 Å². The van der Waals surface area contributed by atoms with E-state index < -0.39 is 23.8 Å². The second-order valence-electron chi connectivity index (χ2n) is 6.20. The number of anilines is 2. The Morgan fingerprint density at radius 3 is 2.62 bits per heavy atom. The molecule has 0 radical (unpaired) electrons. The van der Waals surface area contributed by atoms with Crippen molar-refractivity contribution in [3.05, 3.63) is 36.2 Å². The summed E-state index contributed by atoms with van der Waals surface area (Å²) in [6.07, 6.45) is 2.45. The molecule has 0 aliphatic carbocycles. The number of hydrogen-bond acceptors (Lipinski definition) is 7. The summed E-state index contributed by atoms with van der Waals surface area (Å²) in [7, 11) is 0. The predicted octanol–water partition coefficient (Wildman–Crippen LogP) is 1.64. The minimum absolute atomic E-state index is 0.0179. The number of cyclic esters (lactones) is 1. The molecule has 3 aliphatic rings. The number of benzene rings is 1. The number of ether oxygens (including phenoxy) is 1. The molecule has 3 aliphatic heterocycles. The van der Waals surface area contributed by atoms with Gasteiger partial charge in [-0.05, 0) is 0 Å². The lowest BCUT2D eigenvalue weighted by Gasteiger charge is -2.29. The third-order valence-corrected chi connectivity index (χ3v) is 5.40. The number of nitrogens with zero attached hydrogens (tertiary/aromatic N) is 3. The lowest BCUT2D eigenvalue weighted by atomic mass is 10.2. The minimum atomic E-state index is -0.656. The molecule has 0 spiro atoms. The summed E-state index contributed by atoms with van der Waals surface area (Å²) < 4.78 is 34.5. The van der Waals surface area contributed by atoms with Crippen LogP contribution in [0.25, 0.3) is 0 Å². The molecule has 26 heavy (non-hydrogen) atoms. The van der Waals surface area contributed by atoms with E-state index in [0.29, 0.717) is 19.6 Å². The van der Waals surface area contributed by atoms with Crippen LogP contribution >= 0.6 is 11.8 Å². The zero-order chi connectivity index (χ0) is 18.1. The maximum atomic E-state index is 14.6. The van der Waals surface area contributed by atoms with Crippen LogP contribution in [-0.2, 0) is 4.74 Å². The van der Waals surface area contributed by atoms with Crippen molar-refractivity contribution in [2.45, 2.75) is 6.10 Å². The Kier molecular flexibility index (Phi) is 4.77. The zero-order valence-electron chi connectivity index (χ0n) is 14.0. The number of carbonyl (C=O) groups excluding carboxylic acids is 1. The number of carbonyl (C=O) groups is 1. The van der Waals surface area contributed by atoms with Crippen LogP contribution in [0.1, 0.15) is 0 Å². The third kappa shape index (κ3) is 3.38. The molecule has 0 saturated carbocycles. The van der Waals surface area contributed by atoms with Gasteiger partial charge < -0.3 is 15.1 Å². The van der Waals surface area contributed by atoms with Crippen LogP contribution in [0, 0.1) is 11.6 Å². The molecule has 1 atom stereocenters. The van der Waals surface area contributed by atoms with Crippen molar-refractivity contribution in [2.24, 2.45) is 0 Å². The Morgan fingerprint density at radius 1 is 1.23 bits per heavy atom. The third-order valence-electron chi connectivity index (χ3n) is 4.46. The monoisotopic (exact) mass is 383 g/mol. The van der Waals surface area contributed by atoms with Crippen molar-refractivity contribution < 1.29 is 18.3 Å². The fourth-order valence-electron chi connectivity index (χ4n) is 3.24. The number of thioether (sulfide) groups is 1. The number of amides is 1. The van der Waals surface area contributed by atoms with Crippen LogP contribution in [0.15, 0.2) is 24.5 Å². The van der Waals surface area contributed by atoms with Crippen LogP contribution in [0.2, 0.25) is 0 Å². The highest BCUT2D eigenvalue weighted by molar-refractivity contribution is 7.99. The lowest BCUT2D eigenvalue weighted by Crippen LogP contribution is -2.41. The average molecular weight is 383 g/mol. The molecule has 1 unspecified atom stereocenters. The Hall–Kier alpha value is -2.20. The minimum Gasteiger partial charge on any atom is -0.442 e. The predicted molar refractivity (Wildman–Crippen MR) is 95.6 cm³/mol. The first-order chi connectivity index (χ1) is 12.6. The molecule has 140 valence electrons. The maximum absolute atomic E-state index is 14.6. The largest absolute Gasteiger partial charge is 0.442 e. The van der Waals surface area contributed by atoms with Crippen LogP contribution in [-0.4, -0.2) is 54.9 Å². The van der Waals surface area contributed by atoms with Crippen LogP contribution in [0.4, 0.5) is 25.0 Å². The van der Waals surface area contributed by atoms with Gasteiger partial charge in [-0.3, -0.25) is 9.91 Å². The number of nitrogens with one attached hydrogen (secondary N) is 2. The highest BCUT2D eigenvalue weighted by Crippen LogP contribution is 2.32. The molecule has 0 bridgehead atoms. The molecule has 4 rings (SSSR count). The van der Waals surface area contributed by atoms with Gasteiger partial charge in [0, 0.05) is 49.1 Å². The van der Waals surface area contributed by atoms with Gasteiger partial charge in [-0.2, -0.15) is 11.8 Å². The van der Waals surface area contributed by atoms with Crippen molar-refractivity contribution >= 4 is 29.2 Å². The molecule has 1 aromatic rings. The zero-order valence-corrected chi connectivity index (χ0v) is 14.8. The van der Waals surface area contributed by atoms with E-state index in [9.17, 15) is 13.6 Å². The topological polar surface area (TPSA) is 60.1 Å². The van der Waals surface area contributed by atoms with E-state index in [1.807, 2.05) is 0 Å². The van der Waals surface area contributed by atoms with E-state index in [4.69, 9.17) is 4.74 Å². The fraction of sp³-hybridized carbons (Fsp3) is 0.438. The van der Waals surface area contributed by atoms with Gasteiger partial charge in [0.15, 0.2) is 11.6 Å². The van der Waals surface area contributed by atoms with Crippen molar-refractivity contribution in [1.82, 2.24) is 16.0 Å². The molecule has 10 heteroatoms. The molecular weight excluding hydrogens is 364 g/mol. The van der Waals surface area contributed by atoms with Gasteiger partial charge >= 0.3 is 6.09 Å².